The van der Waals surface area contributed by atoms with Crippen molar-refractivity contribution in [1.82, 2.24) is 14.1 Å². The minimum Gasteiger partial charge on any atom is -0.458 e. The van der Waals surface area contributed by atoms with Gasteiger partial charge >= 0.3 is 0 Å². The molecule has 0 N–H and O–H groups in total. The molecule has 3 aromatic heterocycles. The van der Waals surface area contributed by atoms with Gasteiger partial charge < -0.3 is 4.74 Å². The molecule has 0 radical (unpaired) electrons. The van der Waals surface area contributed by atoms with Crippen LogP contribution < -0.4 is 9.30 Å². The normalized spacial score (nSPS) is 15.8. The molecule has 4 heterocycles. The van der Waals surface area contributed by atoms with Gasteiger partial charge in [-0.25, -0.2) is 4.98 Å². The van der Waals surface area contributed by atoms with Crippen LogP contribution in [0.25, 0.3) is 106 Å². The highest BCUT2D eigenvalue weighted by Gasteiger charge is 2.39. The second kappa shape index (κ2) is 19.9. The molecule has 1 aliphatic heterocycles. The molecule has 434 valence electrons. The van der Waals surface area contributed by atoms with Crippen LogP contribution >= 0.6 is 0 Å². The van der Waals surface area contributed by atoms with Gasteiger partial charge in [-0.2, -0.15) is 0 Å². The standard InChI is InChI=1S/C82H80N4O/c1-50-22-20-23-51(2)75(50)53-40-64(52-30-32-54(33-31-52)78(3,4)5)76-67(41-53)66-48-70-69(81(12,13)37-38-82(70,14)15)47-65(66)60-26-16-17-27-61(60)68-42-56(80(9,10)11)43-73-77(68)85(76)49-84(73)57-24-21-25-58(45-57)87-59-34-35-63-62-28-18-19-29-71(62)86(72(63)46-59)74-44-55(36-39-83-74)79(6,7)8/h16-36,39-48H,37-38H2,1-15H3/i1D3,2D3. The molecule has 0 saturated carbocycles. The number of hydrogen-bond acceptors (Lipinski definition) is 2. The van der Waals surface area contributed by atoms with Crippen molar-refractivity contribution in [2.45, 2.75) is 144 Å². The van der Waals surface area contributed by atoms with Gasteiger partial charge in [0, 0.05) is 31.3 Å². The average molecular weight is 1140 g/mol. The van der Waals surface area contributed by atoms with E-state index in [0.29, 0.717) is 17.1 Å². The number of pyridine rings is 1. The summed E-state index contributed by atoms with van der Waals surface area (Å²) < 4.78 is 68.0. The Morgan fingerprint density at radius 3 is 1.77 bits per heavy atom. The van der Waals surface area contributed by atoms with Gasteiger partial charge in [0.15, 0.2) is 0 Å². The van der Waals surface area contributed by atoms with E-state index in [1.165, 1.54) is 16.7 Å². The van der Waals surface area contributed by atoms with Gasteiger partial charge in [-0.15, -0.1) is 0 Å². The quantitative estimate of drug-likeness (QED) is 0.123. The van der Waals surface area contributed by atoms with Crippen LogP contribution in [0, 0.1) is 20.0 Å². The van der Waals surface area contributed by atoms with E-state index in [-0.39, 0.29) is 43.8 Å². The summed E-state index contributed by atoms with van der Waals surface area (Å²) in [6.07, 6.45) is 7.96. The molecule has 0 spiro atoms. The van der Waals surface area contributed by atoms with Crippen LogP contribution in [-0.4, -0.2) is 14.1 Å². The van der Waals surface area contributed by atoms with Crippen molar-refractivity contribution in [3.63, 3.8) is 0 Å². The molecule has 87 heavy (non-hydrogen) atoms. The Balaban J connectivity index is 1.08. The molecule has 0 amide bonds. The molecule has 9 aromatic carbocycles. The molecule has 5 nitrogen and oxygen atoms in total. The summed E-state index contributed by atoms with van der Waals surface area (Å²) in [6, 6.07) is 63.1. The first-order valence-electron chi connectivity index (χ1n) is 33.8. The Morgan fingerprint density at radius 1 is 0.483 bits per heavy atom. The maximum absolute atomic E-state index is 9.05. The van der Waals surface area contributed by atoms with Crippen molar-refractivity contribution in [2.24, 2.45) is 0 Å². The summed E-state index contributed by atoms with van der Waals surface area (Å²) in [5.41, 5.74) is 18.8. The molecule has 0 atom stereocenters. The number of imidazole rings is 1. The fourth-order valence-electron chi connectivity index (χ4n) is 13.8. The van der Waals surface area contributed by atoms with Crippen LogP contribution in [-0.2, 0) is 27.1 Å². The molecule has 12 aromatic rings. The Kier molecular flexibility index (Phi) is 11.3. The number of aryl methyl sites for hydroxylation is 2. The zero-order valence-electron chi connectivity index (χ0n) is 58.5. The van der Waals surface area contributed by atoms with Gasteiger partial charge in [0.05, 0.1) is 33.4 Å². The number of para-hydroxylation sites is 1. The van der Waals surface area contributed by atoms with Crippen LogP contribution in [0.15, 0.2) is 188 Å². The minimum atomic E-state index is -2.66. The van der Waals surface area contributed by atoms with E-state index < -0.39 is 13.7 Å². The molecule has 0 unspecified atom stereocenters. The van der Waals surface area contributed by atoms with Gasteiger partial charge in [-0.3, -0.25) is 13.7 Å². The fourth-order valence-corrected chi connectivity index (χ4v) is 13.8. The maximum Gasteiger partial charge on any atom is 0.269 e. The number of rotatable bonds is 6. The van der Waals surface area contributed by atoms with E-state index >= 15 is 0 Å². The Morgan fingerprint density at radius 2 is 1.09 bits per heavy atom. The summed E-state index contributed by atoms with van der Waals surface area (Å²) in [7, 11) is 0. The zero-order chi connectivity index (χ0) is 65.9. The van der Waals surface area contributed by atoms with Crippen molar-refractivity contribution in [1.29, 1.82) is 0 Å². The summed E-state index contributed by atoms with van der Waals surface area (Å²) in [5, 5.41) is 2.22. The molecular weight excluding hydrogens is 1060 g/mol. The zero-order valence-corrected chi connectivity index (χ0v) is 52.5. The van der Waals surface area contributed by atoms with Crippen LogP contribution in [0.4, 0.5) is 0 Å². The molecular formula is C82H80N4O. The van der Waals surface area contributed by atoms with Gasteiger partial charge in [-0.05, 0) is 221 Å². The molecule has 0 bridgehead atoms. The minimum absolute atomic E-state index is 0.0211. The Bertz CT molecular complexity index is 5000. The van der Waals surface area contributed by atoms with Crippen molar-refractivity contribution < 1.29 is 17.5 Å². The van der Waals surface area contributed by atoms with E-state index in [1.54, 1.807) is 18.2 Å². The maximum atomic E-state index is 9.05. The number of fused-ring (bicyclic) bond motifs is 11. The molecule has 14 rings (SSSR count). The molecule has 2 aliphatic rings. The number of ether oxygens (including phenoxy) is 1. The number of nitrogens with zero attached hydrogens (tertiary/aromatic N) is 4. The number of hydrogen-bond donors (Lipinski definition) is 0. The Labute approximate surface area is 523 Å². The summed E-state index contributed by atoms with van der Waals surface area (Å²) in [5.74, 6) is 2.14. The molecule has 1 aliphatic carbocycles. The van der Waals surface area contributed by atoms with Crippen LogP contribution in [0.2, 0.25) is 0 Å². The predicted octanol–water partition coefficient (Wildman–Crippen LogP) is 21.5. The third-order valence-electron chi connectivity index (χ3n) is 19.0. The third kappa shape index (κ3) is 9.43. The second-order valence-corrected chi connectivity index (χ2v) is 28.9. The van der Waals surface area contributed by atoms with Gasteiger partial charge in [0.2, 0.25) is 0 Å². The monoisotopic (exact) mass is 1140 g/mol. The topological polar surface area (TPSA) is 35.9 Å². The van der Waals surface area contributed by atoms with E-state index in [2.05, 4.69) is 250 Å². The first-order valence-corrected chi connectivity index (χ1v) is 30.8. The van der Waals surface area contributed by atoms with E-state index in [4.69, 9.17) is 17.9 Å². The largest absolute Gasteiger partial charge is 0.458 e. The van der Waals surface area contributed by atoms with Crippen LogP contribution in [0.5, 0.6) is 11.5 Å². The van der Waals surface area contributed by atoms with Crippen molar-refractivity contribution in [3.8, 4) is 84.3 Å². The molecule has 0 saturated heterocycles. The highest BCUT2D eigenvalue weighted by Crippen LogP contribution is 2.54. The first kappa shape index (κ1) is 49.3. The summed E-state index contributed by atoms with van der Waals surface area (Å²) >= 11 is 0. The van der Waals surface area contributed by atoms with Gasteiger partial charge in [0.25, 0.3) is 6.33 Å². The van der Waals surface area contributed by atoms with Crippen molar-refractivity contribution in [3.05, 3.63) is 233 Å². The lowest BCUT2D eigenvalue weighted by molar-refractivity contribution is -0.570. The molecule has 5 heteroatoms. The van der Waals surface area contributed by atoms with E-state index in [9.17, 15) is 0 Å². The Hall–Kier alpha value is -8.80. The fraction of sp³-hybridized carbons (Fsp3) is 0.268. The lowest BCUT2D eigenvalue weighted by Crippen LogP contribution is -2.34. The van der Waals surface area contributed by atoms with Crippen LogP contribution in [0.3, 0.4) is 0 Å². The smallest absolute Gasteiger partial charge is 0.269 e. The first-order chi connectivity index (χ1) is 43.7. The van der Waals surface area contributed by atoms with E-state index in [0.717, 1.165) is 119 Å². The lowest BCUT2D eigenvalue weighted by atomic mass is 9.62. The summed E-state index contributed by atoms with van der Waals surface area (Å²) in [6.45, 7) is 24.2. The molecule has 0 fully saturated rings. The predicted molar refractivity (Wildman–Crippen MR) is 364 cm³/mol. The number of aromatic nitrogens is 4. The van der Waals surface area contributed by atoms with Crippen molar-refractivity contribution >= 4 is 32.8 Å². The average Bonchev–Trinajstić information content (AvgIpc) is 1.66. The van der Waals surface area contributed by atoms with Crippen LogP contribution in [0.1, 0.15) is 150 Å². The highest BCUT2D eigenvalue weighted by atomic mass is 16.5. The van der Waals surface area contributed by atoms with E-state index in [1.807, 2.05) is 30.5 Å². The third-order valence-corrected chi connectivity index (χ3v) is 19.0. The lowest BCUT2D eigenvalue weighted by Gasteiger charge is -2.42. The number of benzene rings is 9. The van der Waals surface area contributed by atoms with Gasteiger partial charge in [-0.1, -0.05) is 193 Å². The highest BCUT2D eigenvalue weighted by molar-refractivity contribution is 6.10. The van der Waals surface area contributed by atoms with Crippen molar-refractivity contribution in [2.75, 3.05) is 0 Å². The van der Waals surface area contributed by atoms with Gasteiger partial charge in [0.1, 0.15) is 17.3 Å². The second-order valence-electron chi connectivity index (χ2n) is 28.9. The summed E-state index contributed by atoms with van der Waals surface area (Å²) in [4.78, 5) is 4.95. The SMILES string of the molecule is [2H]C([2H])([2H])c1cccc(C([2H])([2H])[2H])c1-c1cc(-c2ccc(C(C)(C)C)cc2)c2c(c1)-c1cc3c(cc1-c1ccccc1-c1cc(C(C)(C)C)cc4c1[n+]-2[c-]n4-c1cccc(Oc2ccc4c5ccccc5n(-c5cc(C(C)(C)C)ccn5)c4c2)c1)C(C)(C)CCC3(C)C.